The number of aliphatic hydroxyl groups excluding tert-OH is 2. The van der Waals surface area contributed by atoms with Crippen molar-refractivity contribution in [3.63, 3.8) is 0 Å². The highest BCUT2D eigenvalue weighted by Gasteiger charge is 2.47. The van der Waals surface area contributed by atoms with Crippen LogP contribution in [0, 0.1) is 0 Å². The summed E-state index contributed by atoms with van der Waals surface area (Å²) < 4.78 is 21.5. The number of nitrogens with zero attached hydrogens (tertiary/aromatic N) is 4. The molecule has 22 heavy (non-hydrogen) atoms. The first-order chi connectivity index (χ1) is 10.3. The Kier molecular flexibility index (Phi) is 3.61. The van der Waals surface area contributed by atoms with Crippen LogP contribution in [-0.4, -0.2) is 58.0 Å². The fraction of sp³-hybridized carbons (Fsp3) is 0.444. The number of hydrogen-bond donors (Lipinski definition) is 5. The van der Waals surface area contributed by atoms with Crippen molar-refractivity contribution in [2.45, 2.75) is 24.7 Å². The number of nitrogen functional groups attached to an aromatic ring is 1. The zero-order valence-electron chi connectivity index (χ0n) is 10.8. The van der Waals surface area contributed by atoms with E-state index in [2.05, 4.69) is 19.5 Å². The van der Waals surface area contributed by atoms with Crippen molar-refractivity contribution in [2.24, 2.45) is 0 Å². The molecule has 4 unspecified atom stereocenters. The SMILES string of the molecule is Nc1ncnc2c1ncn2C1OC(OP(=O)(O)O)C(O)C1O. The van der Waals surface area contributed by atoms with E-state index in [-0.39, 0.29) is 17.0 Å². The van der Waals surface area contributed by atoms with Crippen molar-refractivity contribution in [3.05, 3.63) is 12.7 Å². The number of phosphoric acid groups is 1. The number of rotatable bonds is 3. The summed E-state index contributed by atoms with van der Waals surface area (Å²) in [5.74, 6) is 0.111. The van der Waals surface area contributed by atoms with Gasteiger partial charge in [-0.25, -0.2) is 19.5 Å². The van der Waals surface area contributed by atoms with E-state index in [9.17, 15) is 14.8 Å². The second-order valence-corrected chi connectivity index (χ2v) is 5.75. The molecule has 3 heterocycles. The van der Waals surface area contributed by atoms with Crippen molar-refractivity contribution in [3.8, 4) is 0 Å². The smallest absolute Gasteiger partial charge is 0.385 e. The lowest BCUT2D eigenvalue weighted by atomic mass is 10.2. The van der Waals surface area contributed by atoms with E-state index < -0.39 is 32.5 Å². The topological polar surface area (TPSA) is 186 Å². The summed E-state index contributed by atoms with van der Waals surface area (Å²) in [7, 11) is -4.90. The van der Waals surface area contributed by atoms with E-state index >= 15 is 0 Å². The molecule has 12 nitrogen and oxygen atoms in total. The van der Waals surface area contributed by atoms with Crippen molar-refractivity contribution in [1.82, 2.24) is 19.5 Å². The Balaban J connectivity index is 1.94. The minimum Gasteiger partial charge on any atom is -0.385 e. The Morgan fingerprint density at radius 1 is 1.27 bits per heavy atom. The standard InChI is InChI=1S/C9H12N5O7P/c10-6-3-7(12-1-11-6)14(2-13-3)8-4(15)5(16)9(20-8)21-22(17,18)19/h1-2,4-5,8-9,15-16H,(H2,10,11,12)(H2,17,18,19). The predicted molar refractivity (Wildman–Crippen MR) is 68.8 cm³/mol. The van der Waals surface area contributed by atoms with Gasteiger partial charge in [-0.15, -0.1) is 0 Å². The average Bonchev–Trinajstić information content (AvgIpc) is 2.95. The van der Waals surface area contributed by atoms with E-state index in [1.807, 2.05) is 0 Å². The lowest BCUT2D eigenvalue weighted by molar-refractivity contribution is -0.134. The summed E-state index contributed by atoms with van der Waals surface area (Å²) in [5, 5.41) is 19.8. The number of imidazole rings is 1. The summed E-state index contributed by atoms with van der Waals surface area (Å²) in [6.45, 7) is 0. The Bertz CT molecular complexity index is 747. The molecule has 13 heteroatoms. The first-order valence-electron chi connectivity index (χ1n) is 5.96. The van der Waals surface area contributed by atoms with E-state index in [1.54, 1.807) is 0 Å². The molecule has 4 atom stereocenters. The summed E-state index contributed by atoms with van der Waals surface area (Å²) in [5.41, 5.74) is 6.11. The van der Waals surface area contributed by atoms with E-state index in [1.165, 1.54) is 17.2 Å². The van der Waals surface area contributed by atoms with Gasteiger partial charge >= 0.3 is 7.82 Å². The summed E-state index contributed by atoms with van der Waals surface area (Å²) in [4.78, 5) is 29.2. The van der Waals surface area contributed by atoms with Gasteiger partial charge in [0.15, 0.2) is 24.0 Å². The molecule has 3 rings (SSSR count). The molecule has 120 valence electrons. The van der Waals surface area contributed by atoms with Gasteiger partial charge in [-0.05, 0) is 0 Å². The molecule has 2 aromatic heterocycles. The lowest BCUT2D eigenvalue weighted by Gasteiger charge is -2.16. The molecular weight excluding hydrogens is 321 g/mol. The van der Waals surface area contributed by atoms with Crippen molar-refractivity contribution in [1.29, 1.82) is 0 Å². The largest absolute Gasteiger partial charge is 0.472 e. The molecule has 1 fully saturated rings. The van der Waals surface area contributed by atoms with E-state index in [0.717, 1.165) is 0 Å². The van der Waals surface area contributed by atoms with Gasteiger partial charge < -0.3 is 30.5 Å². The van der Waals surface area contributed by atoms with E-state index in [4.69, 9.17) is 20.3 Å². The highest BCUT2D eigenvalue weighted by Crippen LogP contribution is 2.43. The van der Waals surface area contributed by atoms with Gasteiger partial charge in [0.1, 0.15) is 24.1 Å². The maximum absolute atomic E-state index is 10.8. The molecule has 6 N–H and O–H groups in total. The van der Waals surface area contributed by atoms with Crippen LogP contribution in [0.15, 0.2) is 12.7 Å². The van der Waals surface area contributed by atoms with Gasteiger partial charge in [0.2, 0.25) is 0 Å². The number of aromatic nitrogens is 4. The second-order valence-electron chi connectivity index (χ2n) is 4.56. The molecule has 0 bridgehead atoms. The molecule has 0 spiro atoms. The molecule has 0 saturated carbocycles. The van der Waals surface area contributed by atoms with Crippen LogP contribution in [-0.2, 0) is 13.8 Å². The molecule has 0 aliphatic carbocycles. The maximum atomic E-state index is 10.8. The van der Waals surface area contributed by atoms with Crippen LogP contribution < -0.4 is 5.73 Å². The average molecular weight is 333 g/mol. The third-order valence-corrected chi connectivity index (χ3v) is 3.58. The van der Waals surface area contributed by atoms with Crippen LogP contribution in [0.2, 0.25) is 0 Å². The Morgan fingerprint density at radius 2 is 2.00 bits per heavy atom. The molecule has 0 radical (unpaired) electrons. The normalized spacial score (nSPS) is 29.3. The minimum absolute atomic E-state index is 0.111. The molecule has 1 aliphatic heterocycles. The van der Waals surface area contributed by atoms with Gasteiger partial charge in [0, 0.05) is 0 Å². The Morgan fingerprint density at radius 3 is 2.68 bits per heavy atom. The summed E-state index contributed by atoms with van der Waals surface area (Å²) in [6.07, 6.45) is -3.70. The molecule has 0 aromatic carbocycles. The van der Waals surface area contributed by atoms with Crippen LogP contribution in [0.1, 0.15) is 6.23 Å². The monoisotopic (exact) mass is 333 g/mol. The van der Waals surface area contributed by atoms with Crippen molar-refractivity contribution < 1.29 is 33.8 Å². The number of nitrogens with two attached hydrogens (primary N) is 1. The maximum Gasteiger partial charge on any atom is 0.472 e. The predicted octanol–water partition coefficient (Wildman–Crippen LogP) is -1.91. The van der Waals surface area contributed by atoms with Crippen molar-refractivity contribution in [2.75, 3.05) is 5.73 Å². The first-order valence-corrected chi connectivity index (χ1v) is 7.49. The fourth-order valence-electron chi connectivity index (χ4n) is 2.14. The minimum atomic E-state index is -4.90. The molecule has 0 amide bonds. The molecule has 1 saturated heterocycles. The molecule has 2 aromatic rings. The third kappa shape index (κ3) is 2.57. The quantitative estimate of drug-likeness (QED) is 0.395. The number of hydrogen-bond acceptors (Lipinski definition) is 9. The van der Waals surface area contributed by atoms with Gasteiger partial charge in [-0.1, -0.05) is 0 Å². The number of ether oxygens (including phenoxy) is 1. The fourth-order valence-corrected chi connectivity index (χ4v) is 2.58. The van der Waals surface area contributed by atoms with Crippen LogP contribution in [0.3, 0.4) is 0 Å². The Hall–Kier alpha value is -1.66. The van der Waals surface area contributed by atoms with Gasteiger partial charge in [-0.3, -0.25) is 9.09 Å². The highest BCUT2D eigenvalue weighted by molar-refractivity contribution is 7.46. The van der Waals surface area contributed by atoms with Gasteiger partial charge in [-0.2, -0.15) is 0 Å². The first kappa shape index (κ1) is 15.2. The van der Waals surface area contributed by atoms with Gasteiger partial charge in [0.25, 0.3) is 0 Å². The van der Waals surface area contributed by atoms with Crippen LogP contribution in [0.4, 0.5) is 5.82 Å². The number of aliphatic hydroxyl groups is 2. The number of fused-ring (bicyclic) bond motifs is 1. The van der Waals surface area contributed by atoms with Crippen LogP contribution >= 0.6 is 7.82 Å². The summed E-state index contributed by atoms with van der Waals surface area (Å²) >= 11 is 0. The van der Waals surface area contributed by atoms with Gasteiger partial charge in [0.05, 0.1) is 6.33 Å². The van der Waals surface area contributed by atoms with Crippen LogP contribution in [0.5, 0.6) is 0 Å². The van der Waals surface area contributed by atoms with E-state index in [0.29, 0.717) is 0 Å². The molecule has 1 aliphatic rings. The number of phosphoric ester groups is 1. The van der Waals surface area contributed by atoms with Crippen molar-refractivity contribution >= 4 is 24.8 Å². The van der Waals surface area contributed by atoms with Crippen LogP contribution in [0.25, 0.3) is 11.2 Å². The summed E-state index contributed by atoms with van der Waals surface area (Å²) in [6, 6.07) is 0. The molecular formula is C9H12N5O7P. The highest BCUT2D eigenvalue weighted by atomic mass is 31.2. The lowest BCUT2D eigenvalue weighted by Crippen LogP contribution is -2.32. The zero-order valence-corrected chi connectivity index (χ0v) is 11.7. The Labute approximate surface area is 122 Å². The second kappa shape index (κ2) is 5.21. The number of anilines is 1. The third-order valence-electron chi connectivity index (χ3n) is 3.10. The zero-order chi connectivity index (χ0) is 16.1.